The highest BCUT2D eigenvalue weighted by Gasteiger charge is 2.23. The van der Waals surface area contributed by atoms with E-state index in [0.717, 1.165) is 19.3 Å². The molecule has 0 unspecified atom stereocenters. The lowest BCUT2D eigenvalue weighted by Crippen LogP contribution is -2.29. The predicted molar refractivity (Wildman–Crippen MR) is 87.9 cm³/mol. The first kappa shape index (κ1) is 16.7. The Labute approximate surface area is 135 Å². The highest BCUT2D eigenvalue weighted by molar-refractivity contribution is 9.10. The van der Waals surface area contributed by atoms with Crippen molar-refractivity contribution < 1.29 is 8.42 Å². The van der Waals surface area contributed by atoms with Gasteiger partial charge in [0.05, 0.1) is 0 Å². The van der Waals surface area contributed by atoms with Gasteiger partial charge in [0, 0.05) is 23.8 Å². The molecular formula is C14H22BrN3O2S. The molecule has 2 N–H and O–H groups in total. The summed E-state index contributed by atoms with van der Waals surface area (Å²) in [5.41, 5.74) is 0. The maximum Gasteiger partial charge on any atom is 0.244 e. The van der Waals surface area contributed by atoms with Crippen molar-refractivity contribution in [3.63, 3.8) is 0 Å². The van der Waals surface area contributed by atoms with E-state index >= 15 is 0 Å². The average Bonchev–Trinajstić information content (AvgIpc) is 2.97. The Morgan fingerprint density at radius 2 is 2.10 bits per heavy atom. The van der Waals surface area contributed by atoms with Crippen LogP contribution in [0.4, 0.5) is 5.82 Å². The van der Waals surface area contributed by atoms with Gasteiger partial charge in [-0.05, 0) is 47.2 Å². The molecule has 21 heavy (non-hydrogen) atoms. The number of hydrogen-bond acceptors (Lipinski definition) is 4. The molecule has 7 heteroatoms. The number of anilines is 1. The Morgan fingerprint density at radius 1 is 1.38 bits per heavy atom. The van der Waals surface area contributed by atoms with E-state index < -0.39 is 10.0 Å². The van der Waals surface area contributed by atoms with Crippen molar-refractivity contribution in [2.24, 2.45) is 5.92 Å². The summed E-state index contributed by atoms with van der Waals surface area (Å²) in [6, 6.07) is 1.60. The zero-order chi connectivity index (χ0) is 15.3. The molecule has 0 saturated heterocycles. The van der Waals surface area contributed by atoms with E-state index in [2.05, 4.69) is 31.0 Å². The molecule has 0 spiro atoms. The van der Waals surface area contributed by atoms with Crippen LogP contribution in [0.2, 0.25) is 0 Å². The summed E-state index contributed by atoms with van der Waals surface area (Å²) in [6.45, 7) is 3.24. The van der Waals surface area contributed by atoms with E-state index in [1.54, 1.807) is 12.3 Å². The van der Waals surface area contributed by atoms with Gasteiger partial charge in [-0.2, -0.15) is 0 Å². The van der Waals surface area contributed by atoms with E-state index in [1.807, 2.05) is 6.92 Å². The summed E-state index contributed by atoms with van der Waals surface area (Å²) in [5.74, 6) is 0.880. The number of pyridine rings is 1. The van der Waals surface area contributed by atoms with Crippen molar-refractivity contribution in [3.8, 4) is 0 Å². The largest absolute Gasteiger partial charge is 0.369 e. The SMILES string of the molecule is CCCNc1ncc(Br)cc1S(=O)(=O)NCC1CCCC1. The molecule has 1 aliphatic rings. The molecule has 0 aliphatic heterocycles. The summed E-state index contributed by atoms with van der Waals surface area (Å²) in [5, 5.41) is 3.07. The number of rotatable bonds is 7. The minimum absolute atomic E-state index is 0.211. The summed E-state index contributed by atoms with van der Waals surface area (Å²) in [6.07, 6.45) is 7.14. The van der Waals surface area contributed by atoms with Gasteiger partial charge in [0.1, 0.15) is 10.7 Å². The van der Waals surface area contributed by atoms with Gasteiger partial charge in [-0.1, -0.05) is 19.8 Å². The second-order valence-corrected chi connectivity index (χ2v) is 8.08. The average molecular weight is 376 g/mol. The third-order valence-corrected chi connectivity index (χ3v) is 5.56. The lowest BCUT2D eigenvalue weighted by molar-refractivity contribution is 0.519. The second-order valence-electron chi connectivity index (χ2n) is 5.43. The van der Waals surface area contributed by atoms with Gasteiger partial charge in [0.2, 0.25) is 10.0 Å². The van der Waals surface area contributed by atoms with Crippen LogP contribution in [-0.2, 0) is 10.0 Å². The van der Waals surface area contributed by atoms with E-state index in [9.17, 15) is 8.42 Å². The third-order valence-electron chi connectivity index (χ3n) is 3.69. The number of nitrogens with one attached hydrogen (secondary N) is 2. The Hall–Kier alpha value is -0.660. The van der Waals surface area contributed by atoms with Crippen LogP contribution in [0.15, 0.2) is 21.6 Å². The highest BCUT2D eigenvalue weighted by atomic mass is 79.9. The second kappa shape index (κ2) is 7.56. The quantitative estimate of drug-likeness (QED) is 0.767. The van der Waals surface area contributed by atoms with Gasteiger partial charge in [0.25, 0.3) is 0 Å². The van der Waals surface area contributed by atoms with Crippen LogP contribution in [0, 0.1) is 5.92 Å². The molecule has 2 rings (SSSR count). The molecule has 1 fully saturated rings. The smallest absolute Gasteiger partial charge is 0.244 e. The molecule has 1 aliphatic carbocycles. The number of hydrogen-bond donors (Lipinski definition) is 2. The molecule has 0 aromatic carbocycles. The standard InChI is InChI=1S/C14H22BrN3O2S/c1-2-7-16-14-13(8-12(15)10-17-14)21(19,20)18-9-11-5-3-4-6-11/h8,10-11,18H,2-7,9H2,1H3,(H,16,17). The molecule has 1 saturated carbocycles. The van der Waals surface area contributed by atoms with E-state index in [-0.39, 0.29) is 4.90 Å². The predicted octanol–water partition coefficient (Wildman–Crippen LogP) is 3.13. The lowest BCUT2D eigenvalue weighted by atomic mass is 10.1. The van der Waals surface area contributed by atoms with Gasteiger partial charge >= 0.3 is 0 Å². The maximum atomic E-state index is 12.5. The van der Waals surface area contributed by atoms with Gasteiger partial charge < -0.3 is 5.32 Å². The normalized spacial score (nSPS) is 16.3. The van der Waals surface area contributed by atoms with Crippen LogP contribution in [0.25, 0.3) is 0 Å². The highest BCUT2D eigenvalue weighted by Crippen LogP contribution is 2.26. The molecular weight excluding hydrogens is 354 g/mol. The summed E-state index contributed by atoms with van der Waals surface area (Å²) < 4.78 is 28.4. The van der Waals surface area contributed by atoms with Crippen molar-refractivity contribution in [2.45, 2.75) is 43.9 Å². The first-order chi connectivity index (χ1) is 10.0. The third kappa shape index (κ3) is 4.66. The Bertz CT molecular complexity index is 572. The zero-order valence-electron chi connectivity index (χ0n) is 12.2. The van der Waals surface area contributed by atoms with Crippen molar-refractivity contribution in [2.75, 3.05) is 18.4 Å². The van der Waals surface area contributed by atoms with Crippen LogP contribution < -0.4 is 10.0 Å². The molecule has 0 bridgehead atoms. The van der Waals surface area contributed by atoms with Crippen LogP contribution in [0.3, 0.4) is 0 Å². The van der Waals surface area contributed by atoms with Crippen LogP contribution >= 0.6 is 15.9 Å². The Balaban J connectivity index is 2.14. The van der Waals surface area contributed by atoms with Crippen LogP contribution in [-0.4, -0.2) is 26.5 Å². The first-order valence-electron chi connectivity index (χ1n) is 7.42. The van der Waals surface area contributed by atoms with Crippen molar-refractivity contribution in [3.05, 3.63) is 16.7 Å². The minimum atomic E-state index is -3.54. The fourth-order valence-electron chi connectivity index (χ4n) is 2.52. The Kier molecular flexibility index (Phi) is 6.01. The monoisotopic (exact) mass is 375 g/mol. The van der Waals surface area contributed by atoms with Crippen molar-refractivity contribution >= 4 is 31.8 Å². The van der Waals surface area contributed by atoms with Gasteiger partial charge in [-0.15, -0.1) is 0 Å². The molecule has 118 valence electrons. The maximum absolute atomic E-state index is 12.5. The van der Waals surface area contributed by atoms with Crippen LogP contribution in [0.5, 0.6) is 0 Å². The van der Waals surface area contributed by atoms with E-state index in [0.29, 0.717) is 29.3 Å². The lowest BCUT2D eigenvalue weighted by Gasteiger charge is -2.14. The van der Waals surface area contributed by atoms with Gasteiger partial charge in [-0.25, -0.2) is 18.1 Å². The number of sulfonamides is 1. The molecule has 1 aromatic rings. The zero-order valence-corrected chi connectivity index (χ0v) is 14.6. The fraction of sp³-hybridized carbons (Fsp3) is 0.643. The summed E-state index contributed by atoms with van der Waals surface area (Å²) in [7, 11) is -3.54. The number of halogens is 1. The Morgan fingerprint density at radius 3 is 2.76 bits per heavy atom. The van der Waals surface area contributed by atoms with Gasteiger partial charge in [0.15, 0.2) is 0 Å². The van der Waals surface area contributed by atoms with Crippen molar-refractivity contribution in [1.82, 2.24) is 9.71 Å². The molecule has 1 heterocycles. The summed E-state index contributed by atoms with van der Waals surface area (Å²) in [4.78, 5) is 4.40. The topological polar surface area (TPSA) is 71.1 Å². The first-order valence-corrected chi connectivity index (χ1v) is 9.69. The van der Waals surface area contributed by atoms with Gasteiger partial charge in [-0.3, -0.25) is 0 Å². The molecule has 1 aromatic heterocycles. The number of nitrogens with zero attached hydrogens (tertiary/aromatic N) is 1. The van der Waals surface area contributed by atoms with Crippen LogP contribution in [0.1, 0.15) is 39.0 Å². The summed E-state index contributed by atoms with van der Waals surface area (Å²) >= 11 is 3.29. The fourth-order valence-corrected chi connectivity index (χ4v) is 4.28. The molecule has 0 atom stereocenters. The molecule has 0 amide bonds. The van der Waals surface area contributed by atoms with E-state index in [1.165, 1.54) is 12.8 Å². The number of aromatic nitrogens is 1. The molecule has 5 nitrogen and oxygen atoms in total. The molecule has 0 radical (unpaired) electrons. The minimum Gasteiger partial charge on any atom is -0.369 e. The van der Waals surface area contributed by atoms with E-state index in [4.69, 9.17) is 0 Å². The van der Waals surface area contributed by atoms with Crippen molar-refractivity contribution in [1.29, 1.82) is 0 Å².